The van der Waals surface area contributed by atoms with Crippen LogP contribution in [0.3, 0.4) is 0 Å². The average Bonchev–Trinajstić information content (AvgIpc) is 2.95. The number of nitrogens with zero attached hydrogens (tertiary/aromatic N) is 1. The Morgan fingerprint density at radius 2 is 2.44 bits per heavy atom. The first-order chi connectivity index (χ1) is 8.70. The lowest BCUT2D eigenvalue weighted by Crippen LogP contribution is -2.38. The third-order valence-corrected chi connectivity index (χ3v) is 4.22. The summed E-state index contributed by atoms with van der Waals surface area (Å²) in [6, 6.07) is 4.24. The molecule has 1 aromatic heterocycles. The van der Waals surface area contributed by atoms with Gasteiger partial charge in [-0.1, -0.05) is 0 Å². The summed E-state index contributed by atoms with van der Waals surface area (Å²) in [5.74, 6) is 0. The molecule has 0 aromatic carbocycles. The minimum Gasteiger partial charge on any atom is -0.396 e. The molecule has 4 nitrogen and oxygen atoms in total. The van der Waals surface area contributed by atoms with Crippen LogP contribution in [0.5, 0.6) is 0 Å². The van der Waals surface area contributed by atoms with Crippen LogP contribution in [0.2, 0.25) is 0 Å². The van der Waals surface area contributed by atoms with Gasteiger partial charge < -0.3 is 10.0 Å². The summed E-state index contributed by atoms with van der Waals surface area (Å²) in [5, 5.41) is 12.7. The smallest absolute Gasteiger partial charge is 0.322 e. The van der Waals surface area contributed by atoms with E-state index in [1.165, 1.54) is 4.88 Å². The number of amides is 2. The fraction of sp³-hybridized carbons (Fsp3) is 0.615. The molecule has 0 spiro atoms. The Hall–Kier alpha value is -1.07. The maximum atomic E-state index is 12.2. The number of aliphatic hydroxyl groups is 1. The van der Waals surface area contributed by atoms with Crippen LogP contribution < -0.4 is 5.32 Å². The molecular weight excluding hydrogens is 248 g/mol. The van der Waals surface area contributed by atoms with E-state index in [2.05, 4.69) is 5.32 Å². The monoisotopic (exact) mass is 268 g/mol. The number of urea groups is 1. The summed E-state index contributed by atoms with van der Waals surface area (Å²) in [4.78, 5) is 15.3. The predicted molar refractivity (Wildman–Crippen MR) is 74.1 cm³/mol. The van der Waals surface area contributed by atoms with Gasteiger partial charge in [0.05, 0.1) is 5.00 Å². The van der Waals surface area contributed by atoms with E-state index in [4.69, 9.17) is 5.11 Å². The third kappa shape index (κ3) is 3.23. The highest BCUT2D eigenvalue weighted by atomic mass is 32.1. The second kappa shape index (κ2) is 6.20. The molecule has 0 bridgehead atoms. The van der Waals surface area contributed by atoms with Crippen molar-refractivity contribution in [3.63, 3.8) is 0 Å². The minimum absolute atomic E-state index is 0.00251. The molecule has 2 rings (SSSR count). The van der Waals surface area contributed by atoms with Gasteiger partial charge in [-0.05, 0) is 44.7 Å². The number of aryl methyl sites for hydroxylation is 1. The average molecular weight is 268 g/mol. The summed E-state index contributed by atoms with van der Waals surface area (Å²) in [7, 11) is 0. The van der Waals surface area contributed by atoms with E-state index in [-0.39, 0.29) is 12.6 Å². The Kier molecular flexibility index (Phi) is 4.60. The predicted octanol–water partition coefficient (Wildman–Crippen LogP) is 2.83. The molecule has 0 saturated carbocycles. The molecule has 1 atom stereocenters. The SMILES string of the molecule is Cc1ccc(NC(=O)N2CCCC2CCCO)s1. The summed E-state index contributed by atoms with van der Waals surface area (Å²) in [6.45, 7) is 3.06. The van der Waals surface area contributed by atoms with Crippen LogP contribution in [0.25, 0.3) is 0 Å². The molecule has 1 saturated heterocycles. The summed E-state index contributed by atoms with van der Waals surface area (Å²) in [5.41, 5.74) is 0. The molecule has 0 aliphatic carbocycles. The molecule has 18 heavy (non-hydrogen) atoms. The molecular formula is C13H20N2O2S. The molecule has 1 unspecified atom stereocenters. The Balaban J connectivity index is 1.91. The zero-order valence-corrected chi connectivity index (χ0v) is 11.5. The number of anilines is 1. The summed E-state index contributed by atoms with van der Waals surface area (Å²) >= 11 is 1.60. The standard InChI is InChI=1S/C13H20N2O2S/c1-10-6-7-12(18-10)14-13(17)15-8-2-4-11(15)5-3-9-16/h6-7,11,16H,2-5,8-9H2,1H3,(H,14,17). The lowest BCUT2D eigenvalue weighted by atomic mass is 10.1. The molecule has 100 valence electrons. The highest BCUT2D eigenvalue weighted by Crippen LogP contribution is 2.25. The molecule has 1 fully saturated rings. The number of hydrogen-bond acceptors (Lipinski definition) is 3. The van der Waals surface area contributed by atoms with Crippen molar-refractivity contribution in [3.8, 4) is 0 Å². The van der Waals surface area contributed by atoms with Crippen molar-refractivity contribution in [1.29, 1.82) is 0 Å². The molecule has 5 heteroatoms. The summed E-state index contributed by atoms with van der Waals surface area (Å²) < 4.78 is 0. The van der Waals surface area contributed by atoms with Gasteiger partial charge in [-0.25, -0.2) is 4.79 Å². The lowest BCUT2D eigenvalue weighted by molar-refractivity contribution is 0.197. The fourth-order valence-corrected chi connectivity index (χ4v) is 3.17. The Labute approximate surface area is 112 Å². The molecule has 1 aliphatic rings. The summed E-state index contributed by atoms with van der Waals surface area (Å²) in [6.07, 6.45) is 3.78. The first-order valence-corrected chi connectivity index (χ1v) is 7.27. The zero-order valence-electron chi connectivity index (χ0n) is 10.7. The van der Waals surface area contributed by atoms with E-state index >= 15 is 0 Å². The number of rotatable bonds is 4. The van der Waals surface area contributed by atoms with Crippen molar-refractivity contribution in [2.75, 3.05) is 18.5 Å². The maximum absolute atomic E-state index is 12.2. The van der Waals surface area contributed by atoms with Gasteiger partial charge in [0, 0.05) is 24.1 Å². The van der Waals surface area contributed by atoms with Crippen LogP contribution in [-0.4, -0.2) is 35.2 Å². The van der Waals surface area contributed by atoms with Crippen LogP contribution in [0, 0.1) is 6.92 Å². The maximum Gasteiger partial charge on any atom is 0.322 e. The highest BCUT2D eigenvalue weighted by molar-refractivity contribution is 7.16. The van der Waals surface area contributed by atoms with Gasteiger partial charge in [-0.15, -0.1) is 11.3 Å². The van der Waals surface area contributed by atoms with Gasteiger partial charge in [0.1, 0.15) is 0 Å². The topological polar surface area (TPSA) is 52.6 Å². The number of nitrogens with one attached hydrogen (secondary N) is 1. The quantitative estimate of drug-likeness (QED) is 0.882. The van der Waals surface area contributed by atoms with Crippen LogP contribution in [0.4, 0.5) is 9.80 Å². The number of aliphatic hydroxyl groups excluding tert-OH is 1. The third-order valence-electron chi connectivity index (χ3n) is 3.30. The van der Waals surface area contributed by atoms with Crippen molar-refractivity contribution in [2.24, 2.45) is 0 Å². The number of carbonyl (C=O) groups is 1. The molecule has 1 aliphatic heterocycles. The largest absolute Gasteiger partial charge is 0.396 e. The van der Waals surface area contributed by atoms with Gasteiger partial charge in [-0.3, -0.25) is 5.32 Å². The first-order valence-electron chi connectivity index (χ1n) is 6.45. The molecule has 1 aromatic rings. The van der Waals surface area contributed by atoms with Gasteiger partial charge >= 0.3 is 6.03 Å². The second-order valence-electron chi connectivity index (χ2n) is 4.70. The zero-order chi connectivity index (χ0) is 13.0. The second-order valence-corrected chi connectivity index (χ2v) is 5.98. The van der Waals surface area contributed by atoms with Crippen molar-refractivity contribution in [2.45, 2.75) is 38.6 Å². The van der Waals surface area contributed by atoms with Crippen molar-refractivity contribution >= 4 is 22.4 Å². The van der Waals surface area contributed by atoms with Crippen molar-refractivity contribution in [1.82, 2.24) is 4.90 Å². The van der Waals surface area contributed by atoms with E-state index < -0.39 is 0 Å². The molecule has 2 amide bonds. The number of hydrogen-bond donors (Lipinski definition) is 2. The number of thiophene rings is 1. The van der Waals surface area contributed by atoms with Gasteiger partial charge in [0.15, 0.2) is 0 Å². The van der Waals surface area contributed by atoms with Crippen LogP contribution in [0.1, 0.15) is 30.6 Å². The molecule has 0 radical (unpaired) electrons. The molecule has 2 N–H and O–H groups in total. The number of likely N-dealkylation sites (tertiary alicyclic amines) is 1. The minimum atomic E-state index is -0.00251. The van der Waals surface area contributed by atoms with Crippen molar-refractivity contribution < 1.29 is 9.90 Å². The van der Waals surface area contributed by atoms with Crippen LogP contribution in [-0.2, 0) is 0 Å². The van der Waals surface area contributed by atoms with Gasteiger partial charge in [0.2, 0.25) is 0 Å². The van der Waals surface area contributed by atoms with E-state index in [1.54, 1.807) is 11.3 Å². The fourth-order valence-electron chi connectivity index (χ4n) is 2.41. The van der Waals surface area contributed by atoms with Crippen LogP contribution >= 0.6 is 11.3 Å². The number of carbonyl (C=O) groups excluding carboxylic acids is 1. The van der Waals surface area contributed by atoms with E-state index in [0.717, 1.165) is 37.2 Å². The normalized spacial score (nSPS) is 19.2. The highest BCUT2D eigenvalue weighted by Gasteiger charge is 2.28. The van der Waals surface area contributed by atoms with E-state index in [9.17, 15) is 4.79 Å². The lowest BCUT2D eigenvalue weighted by Gasteiger charge is -2.24. The van der Waals surface area contributed by atoms with Gasteiger partial charge in [0.25, 0.3) is 0 Å². The van der Waals surface area contributed by atoms with E-state index in [0.29, 0.717) is 6.04 Å². The Bertz CT molecular complexity index is 405. The van der Waals surface area contributed by atoms with Gasteiger partial charge in [-0.2, -0.15) is 0 Å². The van der Waals surface area contributed by atoms with Crippen molar-refractivity contribution in [3.05, 3.63) is 17.0 Å². The first kappa shape index (κ1) is 13.4. The van der Waals surface area contributed by atoms with Crippen LogP contribution in [0.15, 0.2) is 12.1 Å². The Morgan fingerprint density at radius 3 is 3.11 bits per heavy atom. The molecule has 2 heterocycles. The van der Waals surface area contributed by atoms with E-state index in [1.807, 2.05) is 24.0 Å². The Morgan fingerprint density at radius 1 is 1.61 bits per heavy atom.